The molecule has 1 fully saturated rings. The fourth-order valence-corrected chi connectivity index (χ4v) is 3.43. The molecule has 2 rings (SSSR count). The van der Waals surface area contributed by atoms with Crippen LogP contribution in [-0.2, 0) is 11.3 Å². The van der Waals surface area contributed by atoms with Crippen LogP contribution in [0.15, 0.2) is 5.38 Å². The summed E-state index contributed by atoms with van der Waals surface area (Å²) in [5, 5.41) is 4.21. The first kappa shape index (κ1) is 13.5. The fourth-order valence-electron chi connectivity index (χ4n) is 2.28. The minimum Gasteiger partial charge on any atom is -0.369 e. The number of nitrogens with zero attached hydrogens (tertiary/aromatic N) is 2. The second-order valence-corrected chi connectivity index (χ2v) is 6.80. The van der Waals surface area contributed by atoms with E-state index in [9.17, 15) is 0 Å². The minimum atomic E-state index is -0.0665. The molecule has 0 saturated carbocycles. The summed E-state index contributed by atoms with van der Waals surface area (Å²) in [7, 11) is 0. The number of alkyl halides is 1. The first-order valence-corrected chi connectivity index (χ1v) is 7.86. The summed E-state index contributed by atoms with van der Waals surface area (Å²) >= 11 is 5.26. The molecular weight excluding hydrogens is 300 g/mol. The van der Waals surface area contributed by atoms with E-state index in [1.54, 1.807) is 11.3 Å². The Bertz CT molecular complexity index is 380. The Kier molecular flexibility index (Phi) is 4.23. The fraction of sp³-hybridized carbons (Fsp3) is 0.750. The number of hydrogen-bond donors (Lipinski definition) is 0. The molecule has 1 aliphatic rings. The third-order valence-corrected chi connectivity index (χ3v) is 4.42. The van der Waals surface area contributed by atoms with Crippen molar-refractivity contribution in [1.29, 1.82) is 0 Å². The van der Waals surface area contributed by atoms with Gasteiger partial charge in [-0.2, -0.15) is 0 Å². The number of morpholine rings is 1. The van der Waals surface area contributed by atoms with Gasteiger partial charge in [-0.05, 0) is 20.8 Å². The van der Waals surface area contributed by atoms with Crippen LogP contribution in [0.4, 0.5) is 0 Å². The van der Waals surface area contributed by atoms with Crippen LogP contribution in [0.25, 0.3) is 0 Å². The van der Waals surface area contributed by atoms with Crippen molar-refractivity contribution in [2.75, 3.05) is 18.4 Å². The van der Waals surface area contributed by atoms with Crippen LogP contribution in [0.1, 0.15) is 24.5 Å². The summed E-state index contributed by atoms with van der Waals surface area (Å²) in [6.07, 6.45) is 0.278. The number of ether oxygens (including phenoxy) is 1. The molecule has 3 nitrogen and oxygen atoms in total. The van der Waals surface area contributed by atoms with E-state index >= 15 is 0 Å². The minimum absolute atomic E-state index is 0.0665. The van der Waals surface area contributed by atoms with Gasteiger partial charge in [-0.1, -0.05) is 15.9 Å². The molecule has 0 aromatic carbocycles. The van der Waals surface area contributed by atoms with Gasteiger partial charge in [0.1, 0.15) is 5.01 Å². The van der Waals surface area contributed by atoms with E-state index in [4.69, 9.17) is 4.74 Å². The zero-order valence-corrected chi connectivity index (χ0v) is 13.0. The molecule has 2 heterocycles. The van der Waals surface area contributed by atoms with Crippen molar-refractivity contribution in [2.45, 2.75) is 39.0 Å². The van der Waals surface area contributed by atoms with Crippen LogP contribution in [-0.4, -0.2) is 40.0 Å². The average Bonchev–Trinajstić information content (AvgIpc) is 2.61. The van der Waals surface area contributed by atoms with Gasteiger partial charge in [-0.15, -0.1) is 11.3 Å². The van der Waals surface area contributed by atoms with Gasteiger partial charge < -0.3 is 4.74 Å². The molecule has 0 bridgehead atoms. The van der Waals surface area contributed by atoms with Crippen molar-refractivity contribution in [2.24, 2.45) is 0 Å². The highest BCUT2D eigenvalue weighted by Crippen LogP contribution is 2.24. The SMILES string of the molecule is Cc1csc(CN2CC(CBr)OC(C)(C)C2)n1. The maximum atomic E-state index is 5.99. The molecule has 5 heteroatoms. The average molecular weight is 319 g/mol. The van der Waals surface area contributed by atoms with Gasteiger partial charge in [0.25, 0.3) is 0 Å². The molecule has 0 amide bonds. The Hall–Kier alpha value is 0.0300. The number of aromatic nitrogens is 1. The van der Waals surface area contributed by atoms with E-state index < -0.39 is 0 Å². The highest BCUT2D eigenvalue weighted by atomic mass is 79.9. The third-order valence-electron chi connectivity index (χ3n) is 2.75. The quantitative estimate of drug-likeness (QED) is 0.801. The van der Waals surface area contributed by atoms with Gasteiger partial charge in [0.05, 0.1) is 18.2 Å². The third kappa shape index (κ3) is 3.74. The first-order chi connectivity index (χ1) is 7.98. The largest absolute Gasteiger partial charge is 0.369 e. The lowest BCUT2D eigenvalue weighted by Gasteiger charge is -2.42. The Labute approximate surface area is 115 Å². The smallest absolute Gasteiger partial charge is 0.107 e. The second-order valence-electron chi connectivity index (χ2n) is 5.21. The van der Waals surface area contributed by atoms with Crippen LogP contribution >= 0.6 is 27.3 Å². The molecule has 1 aromatic rings. The molecule has 1 unspecified atom stereocenters. The van der Waals surface area contributed by atoms with E-state index in [1.807, 2.05) is 6.92 Å². The predicted molar refractivity (Wildman–Crippen MR) is 74.9 cm³/mol. The van der Waals surface area contributed by atoms with Crippen molar-refractivity contribution < 1.29 is 4.74 Å². The Balaban J connectivity index is 2.00. The van der Waals surface area contributed by atoms with Gasteiger partial charge in [-0.3, -0.25) is 4.90 Å². The second kappa shape index (κ2) is 5.34. The number of halogens is 1. The Morgan fingerprint density at radius 3 is 3.00 bits per heavy atom. The molecule has 96 valence electrons. The lowest BCUT2D eigenvalue weighted by molar-refractivity contribution is -0.128. The van der Waals surface area contributed by atoms with Crippen molar-refractivity contribution in [3.63, 3.8) is 0 Å². The molecule has 0 spiro atoms. The standard InChI is InChI=1S/C12H19BrN2OS/c1-9-7-17-11(14-9)6-15-5-10(4-13)16-12(2,3)8-15/h7,10H,4-6,8H2,1-3H3. The molecule has 1 saturated heterocycles. The molecule has 1 aliphatic heterocycles. The van der Waals surface area contributed by atoms with Crippen LogP contribution in [0.3, 0.4) is 0 Å². The molecule has 0 radical (unpaired) electrons. The monoisotopic (exact) mass is 318 g/mol. The summed E-state index contributed by atoms with van der Waals surface area (Å²) in [6.45, 7) is 9.24. The van der Waals surface area contributed by atoms with Crippen molar-refractivity contribution in [3.05, 3.63) is 16.1 Å². The van der Waals surface area contributed by atoms with E-state index in [2.05, 4.69) is 45.0 Å². The van der Waals surface area contributed by atoms with Gasteiger partial charge in [0.2, 0.25) is 0 Å². The van der Waals surface area contributed by atoms with Gasteiger partial charge in [0, 0.05) is 29.5 Å². The summed E-state index contributed by atoms with van der Waals surface area (Å²) < 4.78 is 5.99. The van der Waals surface area contributed by atoms with Crippen molar-refractivity contribution in [1.82, 2.24) is 9.88 Å². The van der Waals surface area contributed by atoms with Crippen LogP contribution in [0, 0.1) is 6.92 Å². The number of hydrogen-bond acceptors (Lipinski definition) is 4. The van der Waals surface area contributed by atoms with Gasteiger partial charge in [-0.25, -0.2) is 4.98 Å². The number of aryl methyl sites for hydroxylation is 1. The predicted octanol–water partition coefficient (Wildman–Crippen LogP) is 2.83. The molecule has 17 heavy (non-hydrogen) atoms. The number of thiazole rings is 1. The topological polar surface area (TPSA) is 25.4 Å². The van der Waals surface area contributed by atoms with E-state index in [0.29, 0.717) is 0 Å². The molecule has 1 aromatic heterocycles. The molecule has 0 aliphatic carbocycles. The lowest BCUT2D eigenvalue weighted by Crippen LogP contribution is -2.52. The first-order valence-electron chi connectivity index (χ1n) is 5.86. The summed E-state index contributed by atoms with van der Waals surface area (Å²) in [5.74, 6) is 0. The zero-order valence-electron chi connectivity index (χ0n) is 10.6. The maximum Gasteiger partial charge on any atom is 0.107 e. The van der Waals surface area contributed by atoms with Crippen molar-refractivity contribution in [3.8, 4) is 0 Å². The van der Waals surface area contributed by atoms with Crippen LogP contribution in [0.2, 0.25) is 0 Å². The van der Waals surface area contributed by atoms with Crippen LogP contribution in [0.5, 0.6) is 0 Å². The van der Waals surface area contributed by atoms with Crippen molar-refractivity contribution >= 4 is 27.3 Å². The Morgan fingerprint density at radius 2 is 2.41 bits per heavy atom. The van der Waals surface area contributed by atoms with E-state index in [0.717, 1.165) is 30.7 Å². The molecule has 0 N–H and O–H groups in total. The summed E-state index contributed by atoms with van der Waals surface area (Å²) in [5.41, 5.74) is 1.05. The van der Waals surface area contributed by atoms with E-state index in [1.165, 1.54) is 5.01 Å². The number of rotatable bonds is 3. The highest BCUT2D eigenvalue weighted by molar-refractivity contribution is 9.09. The highest BCUT2D eigenvalue weighted by Gasteiger charge is 2.32. The summed E-state index contributed by atoms with van der Waals surface area (Å²) in [6, 6.07) is 0. The lowest BCUT2D eigenvalue weighted by atomic mass is 10.1. The normalized spacial score (nSPS) is 25.1. The van der Waals surface area contributed by atoms with Gasteiger partial charge >= 0.3 is 0 Å². The molecular formula is C12H19BrN2OS. The Morgan fingerprint density at radius 1 is 1.65 bits per heavy atom. The van der Waals surface area contributed by atoms with Crippen LogP contribution < -0.4 is 0 Å². The summed E-state index contributed by atoms with van der Waals surface area (Å²) in [4.78, 5) is 6.97. The molecule has 1 atom stereocenters. The maximum absolute atomic E-state index is 5.99. The van der Waals surface area contributed by atoms with E-state index in [-0.39, 0.29) is 11.7 Å². The zero-order chi connectivity index (χ0) is 12.5. The van der Waals surface area contributed by atoms with Gasteiger partial charge in [0.15, 0.2) is 0 Å².